The third-order valence-electron chi connectivity index (χ3n) is 3.32. The van der Waals surface area contributed by atoms with Crippen LogP contribution in [0.5, 0.6) is 5.75 Å². The van der Waals surface area contributed by atoms with Crippen LogP contribution in [0.1, 0.15) is 43.6 Å². The first-order valence-corrected chi connectivity index (χ1v) is 6.21. The Morgan fingerprint density at radius 2 is 1.94 bits per heavy atom. The predicted molar refractivity (Wildman–Crippen MR) is 65.0 cm³/mol. The van der Waals surface area contributed by atoms with E-state index in [9.17, 15) is 4.79 Å². The molecule has 1 saturated carbocycles. The van der Waals surface area contributed by atoms with Gasteiger partial charge < -0.3 is 9.84 Å². The second kappa shape index (κ2) is 5.82. The van der Waals surface area contributed by atoms with Crippen LogP contribution in [0.25, 0.3) is 0 Å². The summed E-state index contributed by atoms with van der Waals surface area (Å²) in [6, 6.07) is 7.65. The normalized spacial score (nSPS) is 16.8. The second-order valence-electron chi connectivity index (χ2n) is 4.50. The molecule has 0 amide bonds. The molecule has 1 aliphatic carbocycles. The fourth-order valence-corrected chi connectivity index (χ4v) is 2.48. The fourth-order valence-electron chi connectivity index (χ4n) is 2.48. The quantitative estimate of drug-likeness (QED) is 0.646. The molecule has 2 rings (SSSR count). The molecule has 3 heteroatoms. The van der Waals surface area contributed by atoms with Crippen LogP contribution in [0.2, 0.25) is 0 Å². The summed E-state index contributed by atoms with van der Waals surface area (Å²) < 4.78 is 5.16. The standard InChI is InChI=1S/C14H18O3/c15-10-14(16)17-13-9-5-4-8-12(13)11-6-2-1-3-7-11/h4-5,8-9,11,15H,1-3,6-7,10H2. The molecule has 1 aromatic rings. The molecular weight excluding hydrogens is 216 g/mol. The highest BCUT2D eigenvalue weighted by Crippen LogP contribution is 2.37. The summed E-state index contributed by atoms with van der Waals surface area (Å²) in [7, 11) is 0. The molecule has 0 unspecified atom stereocenters. The first-order valence-electron chi connectivity index (χ1n) is 6.21. The lowest BCUT2D eigenvalue weighted by Crippen LogP contribution is -2.14. The summed E-state index contributed by atoms with van der Waals surface area (Å²) in [6.07, 6.45) is 6.11. The van der Waals surface area contributed by atoms with Gasteiger partial charge in [0.15, 0.2) is 0 Å². The molecule has 0 saturated heterocycles. The average molecular weight is 234 g/mol. The molecular formula is C14H18O3. The maximum absolute atomic E-state index is 11.1. The molecule has 17 heavy (non-hydrogen) atoms. The van der Waals surface area contributed by atoms with Crippen molar-refractivity contribution in [3.63, 3.8) is 0 Å². The summed E-state index contributed by atoms with van der Waals surface area (Å²) in [6.45, 7) is -0.570. The van der Waals surface area contributed by atoms with Crippen molar-refractivity contribution >= 4 is 5.97 Å². The number of ether oxygens (including phenoxy) is 1. The molecule has 0 spiro atoms. The van der Waals surface area contributed by atoms with Crippen LogP contribution in [0.4, 0.5) is 0 Å². The summed E-state index contributed by atoms with van der Waals surface area (Å²) in [4.78, 5) is 11.1. The zero-order valence-corrected chi connectivity index (χ0v) is 9.89. The van der Waals surface area contributed by atoms with Gasteiger partial charge in [0, 0.05) is 0 Å². The molecule has 0 aromatic heterocycles. The Morgan fingerprint density at radius 1 is 1.24 bits per heavy atom. The van der Waals surface area contributed by atoms with E-state index in [4.69, 9.17) is 9.84 Å². The minimum atomic E-state index is -0.590. The number of hydrogen-bond acceptors (Lipinski definition) is 3. The molecule has 0 bridgehead atoms. The van der Waals surface area contributed by atoms with Gasteiger partial charge in [-0.1, -0.05) is 37.5 Å². The van der Waals surface area contributed by atoms with Crippen LogP contribution in [-0.2, 0) is 4.79 Å². The maximum atomic E-state index is 11.1. The molecule has 1 N–H and O–H groups in total. The van der Waals surface area contributed by atoms with Gasteiger partial charge in [-0.05, 0) is 30.4 Å². The third kappa shape index (κ3) is 3.07. The molecule has 92 valence electrons. The first kappa shape index (κ1) is 12.1. The van der Waals surface area contributed by atoms with E-state index in [-0.39, 0.29) is 0 Å². The summed E-state index contributed by atoms with van der Waals surface area (Å²) in [5.41, 5.74) is 1.11. The Hall–Kier alpha value is -1.35. The van der Waals surface area contributed by atoms with E-state index in [1.54, 1.807) is 6.07 Å². The Labute approximate surface area is 101 Å². The van der Waals surface area contributed by atoms with E-state index in [1.807, 2.05) is 18.2 Å². The van der Waals surface area contributed by atoms with Gasteiger partial charge in [-0.15, -0.1) is 0 Å². The largest absolute Gasteiger partial charge is 0.425 e. The second-order valence-corrected chi connectivity index (χ2v) is 4.50. The highest BCUT2D eigenvalue weighted by atomic mass is 16.5. The Bertz CT molecular complexity index is 381. The highest BCUT2D eigenvalue weighted by molar-refractivity contribution is 5.73. The molecule has 3 nitrogen and oxygen atoms in total. The van der Waals surface area contributed by atoms with Crippen molar-refractivity contribution in [1.82, 2.24) is 0 Å². The number of hydrogen-bond donors (Lipinski definition) is 1. The van der Waals surface area contributed by atoms with Crippen molar-refractivity contribution in [2.75, 3.05) is 6.61 Å². The number of carbonyl (C=O) groups excluding carboxylic acids is 1. The number of aliphatic hydroxyl groups is 1. The van der Waals surface area contributed by atoms with Crippen molar-refractivity contribution in [3.05, 3.63) is 29.8 Å². The third-order valence-corrected chi connectivity index (χ3v) is 3.32. The van der Waals surface area contributed by atoms with Crippen LogP contribution in [-0.4, -0.2) is 17.7 Å². The lowest BCUT2D eigenvalue weighted by Gasteiger charge is -2.23. The number of para-hydroxylation sites is 1. The van der Waals surface area contributed by atoms with E-state index in [2.05, 4.69) is 0 Å². The van der Waals surface area contributed by atoms with Crippen molar-refractivity contribution in [3.8, 4) is 5.75 Å². The molecule has 0 heterocycles. The van der Waals surface area contributed by atoms with E-state index < -0.39 is 12.6 Å². The first-order chi connectivity index (χ1) is 8.31. The Balaban J connectivity index is 2.17. The molecule has 1 aliphatic rings. The number of esters is 1. The lowest BCUT2D eigenvalue weighted by molar-refractivity contribution is -0.137. The van der Waals surface area contributed by atoms with E-state index in [0.29, 0.717) is 11.7 Å². The van der Waals surface area contributed by atoms with Gasteiger partial charge in [-0.25, -0.2) is 4.79 Å². The number of aliphatic hydroxyl groups excluding tert-OH is 1. The number of rotatable bonds is 3. The van der Waals surface area contributed by atoms with Gasteiger partial charge in [0.1, 0.15) is 12.4 Å². The lowest BCUT2D eigenvalue weighted by atomic mass is 9.84. The SMILES string of the molecule is O=C(CO)Oc1ccccc1C1CCCCC1. The minimum absolute atomic E-state index is 0.492. The Kier molecular flexibility index (Phi) is 4.15. The van der Waals surface area contributed by atoms with Crippen molar-refractivity contribution < 1.29 is 14.6 Å². The summed E-state index contributed by atoms with van der Waals surface area (Å²) in [5, 5.41) is 8.72. The van der Waals surface area contributed by atoms with Crippen LogP contribution in [0.15, 0.2) is 24.3 Å². The van der Waals surface area contributed by atoms with Gasteiger partial charge in [0.25, 0.3) is 0 Å². The van der Waals surface area contributed by atoms with Crippen molar-refractivity contribution in [2.45, 2.75) is 38.0 Å². The smallest absolute Gasteiger partial charge is 0.337 e. The summed E-state index contributed by atoms with van der Waals surface area (Å²) >= 11 is 0. The minimum Gasteiger partial charge on any atom is -0.425 e. The van der Waals surface area contributed by atoms with Crippen molar-refractivity contribution in [2.24, 2.45) is 0 Å². The van der Waals surface area contributed by atoms with Crippen LogP contribution < -0.4 is 4.74 Å². The molecule has 0 aliphatic heterocycles. The van der Waals surface area contributed by atoms with Crippen LogP contribution >= 0.6 is 0 Å². The predicted octanol–water partition coefficient (Wildman–Crippen LogP) is 2.63. The molecule has 1 aromatic carbocycles. The molecule has 0 atom stereocenters. The van der Waals surface area contributed by atoms with Crippen molar-refractivity contribution in [1.29, 1.82) is 0 Å². The van der Waals surface area contributed by atoms with Gasteiger partial charge in [0.2, 0.25) is 0 Å². The van der Waals surface area contributed by atoms with Gasteiger partial charge in [0.05, 0.1) is 0 Å². The van der Waals surface area contributed by atoms with Crippen LogP contribution in [0.3, 0.4) is 0 Å². The zero-order valence-electron chi connectivity index (χ0n) is 9.89. The van der Waals surface area contributed by atoms with E-state index >= 15 is 0 Å². The fraction of sp³-hybridized carbons (Fsp3) is 0.500. The molecule has 0 radical (unpaired) electrons. The number of carbonyl (C=O) groups is 1. The molecule has 1 fully saturated rings. The summed E-state index contributed by atoms with van der Waals surface area (Å²) in [5.74, 6) is 0.512. The monoisotopic (exact) mass is 234 g/mol. The van der Waals surface area contributed by atoms with E-state index in [0.717, 1.165) is 18.4 Å². The zero-order chi connectivity index (χ0) is 12.1. The van der Waals surface area contributed by atoms with E-state index in [1.165, 1.54) is 19.3 Å². The van der Waals surface area contributed by atoms with Crippen LogP contribution in [0, 0.1) is 0 Å². The average Bonchev–Trinajstić information content (AvgIpc) is 2.40. The topological polar surface area (TPSA) is 46.5 Å². The Morgan fingerprint density at radius 3 is 2.65 bits per heavy atom. The van der Waals surface area contributed by atoms with Gasteiger partial charge in [-0.2, -0.15) is 0 Å². The highest BCUT2D eigenvalue weighted by Gasteiger charge is 2.19. The van der Waals surface area contributed by atoms with Gasteiger partial charge in [-0.3, -0.25) is 0 Å². The maximum Gasteiger partial charge on any atom is 0.337 e. The number of benzene rings is 1. The van der Waals surface area contributed by atoms with Gasteiger partial charge >= 0.3 is 5.97 Å².